The van der Waals surface area contributed by atoms with Gasteiger partial charge in [-0.2, -0.15) is 11.8 Å². The lowest BCUT2D eigenvalue weighted by Gasteiger charge is -2.33. The molecule has 0 aliphatic carbocycles. The average Bonchev–Trinajstić information content (AvgIpc) is 2.48. The monoisotopic (exact) mass is 442 g/mol. The van der Waals surface area contributed by atoms with Gasteiger partial charge in [-0.25, -0.2) is 0 Å². The Morgan fingerprint density at radius 2 is 2.05 bits per heavy atom. The molecule has 0 aromatic rings. The number of nitrogens with one attached hydrogen (secondary N) is 2. The molecule has 1 aliphatic heterocycles. The lowest BCUT2D eigenvalue weighted by molar-refractivity contribution is 0.159. The van der Waals surface area contributed by atoms with Gasteiger partial charge in [0.25, 0.3) is 0 Å². The van der Waals surface area contributed by atoms with Crippen molar-refractivity contribution in [2.75, 3.05) is 39.5 Å². The third-order valence-electron chi connectivity index (χ3n) is 4.31. The molecular formula is C16H35IN4S. The molecule has 1 heterocycles. The highest BCUT2D eigenvalue weighted by Crippen LogP contribution is 2.19. The highest BCUT2D eigenvalue weighted by Gasteiger charge is 2.18. The van der Waals surface area contributed by atoms with Crippen molar-refractivity contribution in [3.8, 4) is 0 Å². The first-order chi connectivity index (χ1) is 9.98. The summed E-state index contributed by atoms with van der Waals surface area (Å²) in [5.41, 5.74) is 0. The fraction of sp³-hybridized carbons (Fsp3) is 0.938. The number of hydrogen-bond donors (Lipinski definition) is 2. The predicted molar refractivity (Wildman–Crippen MR) is 112 cm³/mol. The van der Waals surface area contributed by atoms with Gasteiger partial charge in [0.05, 0.1) is 0 Å². The molecule has 0 amide bonds. The maximum atomic E-state index is 4.30. The summed E-state index contributed by atoms with van der Waals surface area (Å²) in [6.07, 6.45) is 7.46. The molecule has 0 spiro atoms. The lowest BCUT2D eigenvalue weighted by Crippen LogP contribution is -2.44. The summed E-state index contributed by atoms with van der Waals surface area (Å²) >= 11 is 1.87. The molecule has 1 fully saturated rings. The van der Waals surface area contributed by atoms with E-state index in [4.69, 9.17) is 0 Å². The molecule has 1 aliphatic rings. The van der Waals surface area contributed by atoms with Crippen molar-refractivity contribution >= 4 is 41.7 Å². The highest BCUT2D eigenvalue weighted by molar-refractivity contribution is 14.0. The summed E-state index contributed by atoms with van der Waals surface area (Å²) in [4.78, 5) is 6.92. The van der Waals surface area contributed by atoms with E-state index in [9.17, 15) is 0 Å². The molecule has 1 saturated heterocycles. The van der Waals surface area contributed by atoms with Crippen molar-refractivity contribution < 1.29 is 0 Å². The van der Waals surface area contributed by atoms with Gasteiger partial charge >= 0.3 is 0 Å². The van der Waals surface area contributed by atoms with E-state index in [2.05, 4.69) is 47.6 Å². The highest BCUT2D eigenvalue weighted by atomic mass is 127. The van der Waals surface area contributed by atoms with Gasteiger partial charge in [0.1, 0.15) is 0 Å². The lowest BCUT2D eigenvalue weighted by atomic mass is 10.0. The number of halogens is 1. The Morgan fingerprint density at radius 3 is 2.64 bits per heavy atom. The van der Waals surface area contributed by atoms with Crippen LogP contribution in [0.5, 0.6) is 0 Å². The van der Waals surface area contributed by atoms with Crippen molar-refractivity contribution in [2.45, 2.75) is 57.2 Å². The van der Waals surface area contributed by atoms with E-state index in [-0.39, 0.29) is 28.7 Å². The second-order valence-electron chi connectivity index (χ2n) is 6.55. The van der Waals surface area contributed by atoms with Crippen molar-refractivity contribution in [1.29, 1.82) is 0 Å². The van der Waals surface area contributed by atoms with Crippen LogP contribution in [-0.4, -0.2) is 61.1 Å². The van der Waals surface area contributed by atoms with Crippen LogP contribution in [0.4, 0.5) is 0 Å². The molecule has 132 valence electrons. The van der Waals surface area contributed by atoms with Gasteiger partial charge in [-0.1, -0.05) is 6.42 Å². The molecule has 0 bridgehead atoms. The van der Waals surface area contributed by atoms with E-state index in [0.29, 0.717) is 0 Å². The maximum Gasteiger partial charge on any atom is 0.191 e. The first kappa shape index (κ1) is 22.3. The minimum Gasteiger partial charge on any atom is -0.356 e. The number of rotatable bonds is 7. The number of likely N-dealkylation sites (tertiary alicyclic amines) is 1. The van der Waals surface area contributed by atoms with Crippen LogP contribution in [0.3, 0.4) is 0 Å². The van der Waals surface area contributed by atoms with Crippen molar-refractivity contribution in [3.63, 3.8) is 0 Å². The van der Waals surface area contributed by atoms with E-state index in [1.165, 1.54) is 38.8 Å². The van der Waals surface area contributed by atoms with Crippen LogP contribution in [0.2, 0.25) is 0 Å². The van der Waals surface area contributed by atoms with Crippen LogP contribution in [-0.2, 0) is 0 Å². The van der Waals surface area contributed by atoms with Crippen LogP contribution in [0.1, 0.15) is 46.5 Å². The third kappa shape index (κ3) is 8.82. The molecule has 22 heavy (non-hydrogen) atoms. The van der Waals surface area contributed by atoms with Crippen molar-refractivity contribution in [1.82, 2.24) is 15.5 Å². The van der Waals surface area contributed by atoms with Crippen LogP contribution >= 0.6 is 35.7 Å². The molecule has 1 unspecified atom stereocenters. The molecule has 0 aromatic heterocycles. The molecular weight excluding hydrogens is 407 g/mol. The zero-order chi connectivity index (χ0) is 15.7. The molecule has 2 N–H and O–H groups in total. The van der Waals surface area contributed by atoms with Crippen LogP contribution in [0, 0.1) is 0 Å². The van der Waals surface area contributed by atoms with E-state index in [1.807, 2.05) is 18.8 Å². The number of thioether (sulfide) groups is 1. The molecule has 6 heteroatoms. The average molecular weight is 442 g/mol. The van der Waals surface area contributed by atoms with Crippen molar-refractivity contribution in [2.24, 2.45) is 4.99 Å². The van der Waals surface area contributed by atoms with Crippen LogP contribution < -0.4 is 10.6 Å². The Labute approximate surface area is 158 Å². The van der Waals surface area contributed by atoms with E-state index in [0.717, 1.165) is 25.1 Å². The first-order valence-electron chi connectivity index (χ1n) is 8.22. The zero-order valence-electron chi connectivity index (χ0n) is 14.9. The Morgan fingerprint density at radius 1 is 1.32 bits per heavy atom. The summed E-state index contributed by atoms with van der Waals surface area (Å²) in [7, 11) is 1.84. The SMILES string of the molecule is CN=C(NCCCN1CCCCC1C)NCC(C)(C)SC.I. The smallest absolute Gasteiger partial charge is 0.191 e. The van der Waals surface area contributed by atoms with Gasteiger partial charge < -0.3 is 15.5 Å². The second-order valence-corrected chi connectivity index (χ2v) is 8.06. The second kappa shape index (κ2) is 11.8. The van der Waals surface area contributed by atoms with Crippen LogP contribution in [0.25, 0.3) is 0 Å². The summed E-state index contributed by atoms with van der Waals surface area (Å²) in [5, 5.41) is 6.84. The van der Waals surface area contributed by atoms with Crippen LogP contribution in [0.15, 0.2) is 4.99 Å². The fourth-order valence-electron chi connectivity index (χ4n) is 2.57. The normalized spacial score (nSPS) is 20.4. The number of hydrogen-bond acceptors (Lipinski definition) is 3. The Kier molecular flexibility index (Phi) is 12.0. The number of guanidine groups is 1. The number of piperidine rings is 1. The molecule has 1 rings (SSSR count). The minimum absolute atomic E-state index is 0. The van der Waals surface area contributed by atoms with Gasteiger partial charge in [0.15, 0.2) is 5.96 Å². The van der Waals surface area contributed by atoms with E-state index >= 15 is 0 Å². The first-order valence-corrected chi connectivity index (χ1v) is 9.44. The van der Waals surface area contributed by atoms with E-state index < -0.39 is 0 Å². The Balaban J connectivity index is 0.00000441. The van der Waals surface area contributed by atoms with Gasteiger partial charge in [0, 0.05) is 37.5 Å². The summed E-state index contributed by atoms with van der Waals surface area (Å²) in [5.74, 6) is 0.920. The third-order valence-corrected chi connectivity index (χ3v) is 5.56. The standard InChI is InChI=1S/C16H34N4S.HI/c1-14-9-6-7-11-20(14)12-8-10-18-15(17-4)19-13-16(2,3)21-5;/h14H,6-13H2,1-5H3,(H2,17,18,19);1H. The zero-order valence-corrected chi connectivity index (χ0v) is 18.1. The number of nitrogens with zero attached hydrogens (tertiary/aromatic N) is 2. The summed E-state index contributed by atoms with van der Waals surface area (Å²) < 4.78 is 0.237. The molecule has 0 radical (unpaired) electrons. The fourth-order valence-corrected chi connectivity index (χ4v) is 2.78. The molecule has 1 atom stereocenters. The maximum absolute atomic E-state index is 4.30. The Bertz CT molecular complexity index is 323. The molecule has 4 nitrogen and oxygen atoms in total. The predicted octanol–water partition coefficient (Wildman–Crippen LogP) is 3.18. The van der Waals surface area contributed by atoms with Gasteiger partial charge in [-0.3, -0.25) is 4.99 Å². The van der Waals surface area contributed by atoms with Gasteiger partial charge in [0.2, 0.25) is 0 Å². The summed E-state index contributed by atoms with van der Waals surface area (Å²) in [6, 6.07) is 0.763. The quantitative estimate of drug-likeness (QED) is 0.275. The van der Waals surface area contributed by atoms with E-state index in [1.54, 1.807) is 0 Å². The molecule has 0 aromatic carbocycles. The van der Waals surface area contributed by atoms with Crippen molar-refractivity contribution in [3.05, 3.63) is 0 Å². The van der Waals surface area contributed by atoms with Gasteiger partial charge in [-0.15, -0.1) is 24.0 Å². The topological polar surface area (TPSA) is 39.7 Å². The van der Waals surface area contributed by atoms with Gasteiger partial charge in [-0.05, 0) is 52.8 Å². The number of aliphatic imine (C=N–C) groups is 1. The summed E-state index contributed by atoms with van der Waals surface area (Å²) in [6.45, 7) is 11.2. The molecule has 0 saturated carbocycles. The minimum atomic E-state index is 0. The Hall–Kier alpha value is 0.310. The largest absolute Gasteiger partial charge is 0.356 e.